The van der Waals surface area contributed by atoms with E-state index in [1.54, 1.807) is 4.90 Å². The molecule has 0 unspecified atom stereocenters. The van der Waals surface area contributed by atoms with E-state index in [0.29, 0.717) is 31.2 Å². The van der Waals surface area contributed by atoms with Gasteiger partial charge in [-0.05, 0) is 44.6 Å². The van der Waals surface area contributed by atoms with E-state index in [4.69, 9.17) is 0 Å². The van der Waals surface area contributed by atoms with Crippen molar-refractivity contribution in [1.29, 1.82) is 0 Å². The maximum atomic E-state index is 12.9. The number of hydrogen-bond donors (Lipinski definition) is 1. The Morgan fingerprint density at radius 2 is 2.12 bits per heavy atom. The van der Waals surface area contributed by atoms with Gasteiger partial charge in [-0.1, -0.05) is 20.3 Å². The van der Waals surface area contributed by atoms with E-state index >= 15 is 0 Å². The number of carboxylic acids is 1. The molecule has 1 aliphatic heterocycles. The highest BCUT2D eigenvalue weighted by Crippen LogP contribution is 2.49. The van der Waals surface area contributed by atoms with Crippen molar-refractivity contribution < 1.29 is 14.7 Å². The van der Waals surface area contributed by atoms with Gasteiger partial charge >= 0.3 is 5.97 Å². The highest BCUT2D eigenvalue weighted by molar-refractivity contribution is 5.93. The molecule has 1 saturated heterocycles. The lowest BCUT2D eigenvalue weighted by Gasteiger charge is -2.23. The van der Waals surface area contributed by atoms with Crippen LogP contribution in [0.3, 0.4) is 0 Å². The number of carbonyl (C=O) groups excluding carboxylic acids is 1. The second kappa shape index (κ2) is 6.22. The van der Waals surface area contributed by atoms with Gasteiger partial charge in [-0.2, -0.15) is 5.10 Å². The van der Waals surface area contributed by atoms with E-state index in [-0.39, 0.29) is 11.8 Å². The molecule has 1 N–H and O–H groups in total. The average Bonchev–Trinajstić information content (AvgIpc) is 3.20. The first-order valence-corrected chi connectivity index (χ1v) is 9.01. The average molecular weight is 333 g/mol. The topological polar surface area (TPSA) is 75.4 Å². The molecule has 0 spiro atoms. The van der Waals surface area contributed by atoms with Crippen molar-refractivity contribution in [3.63, 3.8) is 0 Å². The van der Waals surface area contributed by atoms with Crippen LogP contribution in [0.2, 0.25) is 0 Å². The van der Waals surface area contributed by atoms with Crippen LogP contribution in [0.1, 0.15) is 68.2 Å². The Balaban J connectivity index is 1.81. The zero-order chi connectivity index (χ0) is 17.5. The van der Waals surface area contributed by atoms with Crippen molar-refractivity contribution in [3.05, 3.63) is 17.5 Å². The highest BCUT2D eigenvalue weighted by Gasteiger charge is 2.56. The second-order valence-corrected chi connectivity index (χ2v) is 7.32. The molecule has 1 amide bonds. The minimum absolute atomic E-state index is 0.0844. The van der Waals surface area contributed by atoms with Gasteiger partial charge in [-0.3, -0.25) is 14.3 Å². The Bertz CT molecular complexity index is 650. The number of aromatic nitrogens is 2. The summed E-state index contributed by atoms with van der Waals surface area (Å²) in [5.41, 5.74) is 0.696. The minimum Gasteiger partial charge on any atom is -0.481 e. The molecule has 3 rings (SSSR count). The number of aliphatic carboxylic acids is 1. The fraction of sp³-hybridized carbons (Fsp3) is 0.722. The van der Waals surface area contributed by atoms with Crippen LogP contribution in [0, 0.1) is 18.3 Å². The summed E-state index contributed by atoms with van der Waals surface area (Å²) < 4.78 is 1.94. The van der Waals surface area contributed by atoms with Crippen molar-refractivity contribution in [2.45, 2.75) is 58.9 Å². The quantitative estimate of drug-likeness (QED) is 0.899. The number of fused-ring (bicyclic) bond motifs is 1. The number of rotatable bonds is 5. The largest absolute Gasteiger partial charge is 0.481 e. The molecule has 24 heavy (non-hydrogen) atoms. The number of likely N-dealkylation sites (tertiary alicyclic amines) is 1. The molecule has 0 aromatic carbocycles. The van der Waals surface area contributed by atoms with Gasteiger partial charge in [0, 0.05) is 18.8 Å². The normalized spacial score (nSPS) is 26.2. The van der Waals surface area contributed by atoms with Crippen LogP contribution in [0.25, 0.3) is 0 Å². The maximum Gasteiger partial charge on any atom is 0.311 e. The Labute approximate surface area is 142 Å². The standard InChI is InChI=1S/C18H27N3O3/c1-4-14(5-2)21-12(3)9-15(19-21)16(22)20-10-13-7-6-8-18(13,11-20)17(23)24/h9,13-14H,4-8,10-11H2,1-3H3,(H,23,24)/t13-,18+/m0/s1. The fourth-order valence-electron chi connectivity index (χ4n) is 4.55. The van der Waals surface area contributed by atoms with Crippen LogP contribution in [0.15, 0.2) is 6.07 Å². The molecule has 0 bridgehead atoms. The predicted octanol–water partition coefficient (Wildman–Crippen LogP) is 2.88. The third-order valence-electron chi connectivity index (χ3n) is 6.01. The molecule has 6 heteroatoms. The maximum absolute atomic E-state index is 12.9. The van der Waals surface area contributed by atoms with Crippen molar-refractivity contribution in [3.8, 4) is 0 Å². The van der Waals surface area contributed by atoms with Crippen molar-refractivity contribution >= 4 is 11.9 Å². The van der Waals surface area contributed by atoms with E-state index in [0.717, 1.165) is 31.4 Å². The third kappa shape index (κ3) is 2.52. The van der Waals surface area contributed by atoms with Gasteiger partial charge in [0.05, 0.1) is 11.5 Å². The number of carbonyl (C=O) groups is 2. The SMILES string of the molecule is CCC(CC)n1nc(C(=O)N2C[C@@H]3CCC[C@@]3(C(=O)O)C2)cc1C. The molecular weight excluding hydrogens is 306 g/mol. The predicted molar refractivity (Wildman–Crippen MR) is 89.9 cm³/mol. The van der Waals surface area contributed by atoms with Crippen LogP contribution in [0.5, 0.6) is 0 Å². The van der Waals surface area contributed by atoms with Gasteiger partial charge in [0.25, 0.3) is 5.91 Å². The Hall–Kier alpha value is -1.85. The van der Waals surface area contributed by atoms with Gasteiger partial charge in [-0.15, -0.1) is 0 Å². The minimum atomic E-state index is -0.751. The van der Waals surface area contributed by atoms with E-state index in [2.05, 4.69) is 18.9 Å². The van der Waals surface area contributed by atoms with Gasteiger partial charge in [0.15, 0.2) is 5.69 Å². The Kier molecular flexibility index (Phi) is 4.40. The van der Waals surface area contributed by atoms with Crippen molar-refractivity contribution in [2.24, 2.45) is 11.3 Å². The van der Waals surface area contributed by atoms with Crippen molar-refractivity contribution in [1.82, 2.24) is 14.7 Å². The van der Waals surface area contributed by atoms with Gasteiger partial charge in [0.1, 0.15) is 0 Å². The molecule has 2 heterocycles. The number of aryl methyl sites for hydroxylation is 1. The van der Waals surface area contributed by atoms with Gasteiger partial charge in [-0.25, -0.2) is 0 Å². The lowest BCUT2D eigenvalue weighted by Crippen LogP contribution is -2.37. The second-order valence-electron chi connectivity index (χ2n) is 7.32. The summed E-state index contributed by atoms with van der Waals surface area (Å²) in [5.74, 6) is -0.793. The van der Waals surface area contributed by atoms with Gasteiger partial charge < -0.3 is 10.0 Å². The highest BCUT2D eigenvalue weighted by atomic mass is 16.4. The molecule has 2 atom stereocenters. The monoisotopic (exact) mass is 333 g/mol. The van der Waals surface area contributed by atoms with E-state index in [1.165, 1.54) is 0 Å². The summed E-state index contributed by atoms with van der Waals surface area (Å²) in [6.07, 6.45) is 4.47. The van der Waals surface area contributed by atoms with Crippen molar-refractivity contribution in [2.75, 3.05) is 13.1 Å². The first-order valence-electron chi connectivity index (χ1n) is 9.01. The summed E-state index contributed by atoms with van der Waals surface area (Å²) in [6.45, 7) is 7.08. The van der Waals surface area contributed by atoms with Crippen LogP contribution >= 0.6 is 0 Å². The Morgan fingerprint density at radius 3 is 2.71 bits per heavy atom. The van der Waals surface area contributed by atoms with Crippen LogP contribution in [-0.4, -0.2) is 44.8 Å². The first kappa shape index (κ1) is 17.0. The lowest BCUT2D eigenvalue weighted by molar-refractivity contribution is -0.149. The summed E-state index contributed by atoms with van der Waals surface area (Å²) in [7, 11) is 0. The molecule has 2 aliphatic rings. The molecule has 1 aromatic rings. The van der Waals surface area contributed by atoms with Crippen LogP contribution in [0.4, 0.5) is 0 Å². The molecule has 0 radical (unpaired) electrons. The summed E-state index contributed by atoms with van der Waals surface area (Å²) in [6, 6.07) is 2.14. The molecule has 1 aromatic heterocycles. The number of carboxylic acid groups (broad SMARTS) is 1. The van der Waals surface area contributed by atoms with Crippen LogP contribution in [-0.2, 0) is 4.79 Å². The smallest absolute Gasteiger partial charge is 0.311 e. The zero-order valence-corrected chi connectivity index (χ0v) is 14.8. The number of amides is 1. The first-order chi connectivity index (χ1) is 11.4. The Morgan fingerprint density at radius 1 is 1.42 bits per heavy atom. The van der Waals surface area contributed by atoms with E-state index in [1.807, 2.05) is 17.7 Å². The number of nitrogens with zero attached hydrogens (tertiary/aromatic N) is 3. The van der Waals surface area contributed by atoms with Crippen LogP contribution < -0.4 is 0 Å². The summed E-state index contributed by atoms with van der Waals surface area (Å²) >= 11 is 0. The molecule has 1 aliphatic carbocycles. The summed E-state index contributed by atoms with van der Waals surface area (Å²) in [5, 5.41) is 14.2. The third-order valence-corrected chi connectivity index (χ3v) is 6.01. The molecule has 6 nitrogen and oxygen atoms in total. The van der Waals surface area contributed by atoms with E-state index in [9.17, 15) is 14.7 Å². The zero-order valence-electron chi connectivity index (χ0n) is 14.8. The summed E-state index contributed by atoms with van der Waals surface area (Å²) in [4.78, 5) is 26.3. The fourth-order valence-corrected chi connectivity index (χ4v) is 4.55. The van der Waals surface area contributed by atoms with Gasteiger partial charge in [0.2, 0.25) is 0 Å². The lowest BCUT2D eigenvalue weighted by atomic mass is 9.81. The molecule has 132 valence electrons. The number of hydrogen-bond acceptors (Lipinski definition) is 3. The molecular formula is C18H27N3O3. The molecule has 1 saturated carbocycles. The van der Waals surface area contributed by atoms with E-state index < -0.39 is 11.4 Å². The molecule has 2 fully saturated rings.